The van der Waals surface area contributed by atoms with Crippen LogP contribution in [0.15, 0.2) is 52.9 Å². The lowest BCUT2D eigenvalue weighted by Gasteiger charge is -2.42. The van der Waals surface area contributed by atoms with Gasteiger partial charge in [-0.2, -0.15) is 0 Å². The monoisotopic (exact) mass is 827 g/mol. The summed E-state index contributed by atoms with van der Waals surface area (Å²) in [6, 6.07) is 10.8. The zero-order chi connectivity index (χ0) is 41.5. The summed E-state index contributed by atoms with van der Waals surface area (Å²) in [5, 5.41) is 0.722. The second-order valence-electron chi connectivity index (χ2n) is 15.8. The van der Waals surface area contributed by atoms with Gasteiger partial charge in [0.25, 0.3) is 5.91 Å². The molecule has 2 bridgehead atoms. The molecule has 0 saturated carbocycles. The summed E-state index contributed by atoms with van der Waals surface area (Å²) in [7, 11) is -1.87. The first-order chi connectivity index (χ1) is 27.3. The Morgan fingerprint density at radius 1 is 1.09 bits per heavy atom. The minimum atomic E-state index is -3.59. The molecule has 1 saturated heterocycles. The summed E-state index contributed by atoms with van der Waals surface area (Å²) < 4.78 is 39.7. The van der Waals surface area contributed by atoms with Crippen LogP contribution in [0.25, 0.3) is 0 Å². The van der Waals surface area contributed by atoms with Crippen LogP contribution in [0.4, 0.5) is 15.3 Å². The standard InChI is InChI=1S/C41H56ClN5O7S.C2H6/c1-7-45(8-2)40(50)54-33-22-46(23-33)39(49)44-55(51)24-27(3)11-9-13-36(52-6)29(5)28(4)21-47-25-41(18-10-12-30-19-32(42)15-16-34(30)41)26-53-37-17-14-31(20-35(37)47)38(48)43-55;1-2/h9,13-17,19-20,27-29,33,36H,7-8,10-12,18,21-26H2,1-6H3,(H,43,44,48,49,51);1-2H3/b13-9+;/t27-,28-,29+,36-,41-,55?;/m0./s1. The maximum Gasteiger partial charge on any atom is 0.410 e. The number of carbonyl (C=O) groups excluding carboxylic acids is 3. The summed E-state index contributed by atoms with van der Waals surface area (Å²) in [6.45, 7) is 17.2. The highest BCUT2D eigenvalue weighted by atomic mass is 35.5. The fourth-order valence-electron chi connectivity index (χ4n) is 8.32. The van der Waals surface area contributed by atoms with Crippen molar-refractivity contribution in [2.45, 2.75) is 91.8 Å². The minimum absolute atomic E-state index is 0.0429. The maximum atomic E-state index is 14.6. The molecule has 2 aromatic carbocycles. The molecular weight excluding hydrogens is 766 g/mol. The molecule has 1 aliphatic carbocycles. The lowest BCUT2D eigenvalue weighted by atomic mass is 9.70. The van der Waals surface area contributed by atoms with Crippen LogP contribution in [0.5, 0.6) is 5.75 Å². The summed E-state index contributed by atoms with van der Waals surface area (Å²) in [5.41, 5.74) is 3.20. The molecule has 3 aliphatic heterocycles. The van der Waals surface area contributed by atoms with Gasteiger partial charge in [0.05, 0.1) is 37.2 Å². The third kappa shape index (κ3) is 10.3. The van der Waals surface area contributed by atoms with Crippen LogP contribution in [-0.2, 0) is 31.2 Å². The number of fused-ring (bicyclic) bond motifs is 3. The van der Waals surface area contributed by atoms with Gasteiger partial charge >= 0.3 is 12.1 Å². The van der Waals surface area contributed by atoms with E-state index in [1.54, 1.807) is 30.2 Å². The van der Waals surface area contributed by atoms with Crippen LogP contribution in [0.1, 0.15) is 89.2 Å². The van der Waals surface area contributed by atoms with Gasteiger partial charge in [-0.15, -0.1) is 4.36 Å². The highest BCUT2D eigenvalue weighted by Crippen LogP contribution is 2.45. The van der Waals surface area contributed by atoms with Crippen LogP contribution in [0.2, 0.25) is 5.02 Å². The molecule has 1 spiro atoms. The highest BCUT2D eigenvalue weighted by Gasteiger charge is 2.43. The summed E-state index contributed by atoms with van der Waals surface area (Å²) in [6.07, 6.45) is 6.46. The number of hydrogen-bond acceptors (Lipinski definition) is 8. The van der Waals surface area contributed by atoms with E-state index in [2.05, 4.69) is 46.0 Å². The Morgan fingerprint density at radius 2 is 1.82 bits per heavy atom. The summed E-state index contributed by atoms with van der Waals surface area (Å²) in [5.74, 6) is 0.0684. The number of methoxy groups -OCH3 is 1. The van der Waals surface area contributed by atoms with Crippen molar-refractivity contribution >= 4 is 45.2 Å². The van der Waals surface area contributed by atoms with Gasteiger partial charge in [0.15, 0.2) is 0 Å². The number of nitrogens with zero attached hydrogens (tertiary/aromatic N) is 4. The number of benzene rings is 2. The molecule has 4 amide bonds. The van der Waals surface area contributed by atoms with Crippen LogP contribution >= 0.6 is 11.6 Å². The SMILES string of the molecule is CC.CCN(CC)C(=O)OC1CN(C(=O)NS2(=O)=NC(=O)c3ccc4c(c3)N(C[C@H](C)[C@@H](C)[C@@H](OC)/C=C/C[C@H](C)C2)C[C@@]2(CCCc3cc(Cl)ccc32)CO4)C1. The first-order valence-corrected chi connectivity index (χ1v) is 22.6. The van der Waals surface area contributed by atoms with Crippen molar-refractivity contribution < 1.29 is 32.8 Å². The van der Waals surface area contributed by atoms with Crippen molar-refractivity contribution in [1.29, 1.82) is 0 Å². The number of allylic oxidation sites excluding steroid dienone is 1. The van der Waals surface area contributed by atoms with E-state index in [-0.39, 0.29) is 53.7 Å². The van der Waals surface area contributed by atoms with Crippen molar-refractivity contribution in [2.24, 2.45) is 22.1 Å². The molecule has 57 heavy (non-hydrogen) atoms. The maximum absolute atomic E-state index is 14.6. The molecular formula is C43H62ClN5O7S. The Kier molecular flexibility index (Phi) is 15.0. The minimum Gasteiger partial charge on any atom is -0.490 e. The van der Waals surface area contributed by atoms with E-state index in [0.717, 1.165) is 30.0 Å². The number of nitrogens with one attached hydrogen (secondary N) is 1. The third-order valence-corrected chi connectivity index (χ3v) is 14.0. The van der Waals surface area contributed by atoms with Crippen LogP contribution in [0, 0.1) is 17.8 Å². The van der Waals surface area contributed by atoms with Crippen molar-refractivity contribution in [3.05, 3.63) is 70.3 Å². The second kappa shape index (κ2) is 19.3. The number of anilines is 1. The van der Waals surface area contributed by atoms with Crippen molar-refractivity contribution in [3.8, 4) is 5.75 Å². The number of ether oxygens (including phenoxy) is 3. The average Bonchev–Trinajstić information content (AvgIpc) is 3.31. The van der Waals surface area contributed by atoms with Crippen LogP contribution in [-0.4, -0.2) is 103 Å². The molecule has 4 aliphatic rings. The number of rotatable bonds is 5. The number of amides is 4. The molecule has 0 radical (unpaired) electrons. The Balaban J connectivity index is 0.00000305. The Bertz CT molecular complexity index is 1910. The molecule has 1 unspecified atom stereocenters. The second-order valence-corrected chi connectivity index (χ2v) is 18.2. The Hall–Kier alpha value is -3.81. The van der Waals surface area contributed by atoms with Crippen LogP contribution in [0.3, 0.4) is 0 Å². The molecule has 14 heteroatoms. The summed E-state index contributed by atoms with van der Waals surface area (Å²) >= 11 is 6.46. The van der Waals surface area contributed by atoms with E-state index in [0.29, 0.717) is 45.0 Å². The van der Waals surface area contributed by atoms with Crippen molar-refractivity contribution in [3.63, 3.8) is 0 Å². The molecule has 2 aromatic rings. The zero-order valence-electron chi connectivity index (χ0n) is 34.9. The molecule has 3 heterocycles. The number of halogens is 1. The van der Waals surface area contributed by atoms with E-state index in [9.17, 15) is 18.6 Å². The number of carbonyl (C=O) groups is 3. The van der Waals surface area contributed by atoms with Crippen molar-refractivity contribution in [1.82, 2.24) is 14.5 Å². The van der Waals surface area contributed by atoms with Gasteiger partial charge in [0.2, 0.25) is 0 Å². The highest BCUT2D eigenvalue weighted by molar-refractivity contribution is 7.92. The van der Waals surface area contributed by atoms with Gasteiger partial charge in [-0.1, -0.05) is 64.4 Å². The largest absolute Gasteiger partial charge is 0.490 e. The van der Waals surface area contributed by atoms with E-state index in [1.807, 2.05) is 46.8 Å². The number of aryl methyl sites for hydroxylation is 1. The summed E-state index contributed by atoms with van der Waals surface area (Å²) in [4.78, 5) is 45.2. The normalized spacial score (nSPS) is 28.3. The number of likely N-dealkylation sites (tertiary alicyclic amines) is 1. The molecule has 1 fully saturated rings. The van der Waals surface area contributed by atoms with E-state index in [1.165, 1.54) is 16.0 Å². The van der Waals surface area contributed by atoms with E-state index < -0.39 is 34.1 Å². The quantitative estimate of drug-likeness (QED) is 0.300. The molecule has 0 aromatic heterocycles. The smallest absolute Gasteiger partial charge is 0.410 e. The first kappa shape index (κ1) is 44.3. The van der Waals surface area contributed by atoms with Gasteiger partial charge < -0.3 is 28.9 Å². The Labute approximate surface area is 344 Å². The van der Waals surface area contributed by atoms with E-state index >= 15 is 0 Å². The van der Waals surface area contributed by atoms with E-state index in [4.69, 9.17) is 25.8 Å². The predicted molar refractivity (Wildman–Crippen MR) is 227 cm³/mol. The fraction of sp³-hybridized carbons (Fsp3) is 0.605. The molecule has 314 valence electrons. The van der Waals surface area contributed by atoms with Crippen LogP contribution < -0.4 is 14.4 Å². The predicted octanol–water partition coefficient (Wildman–Crippen LogP) is 8.12. The van der Waals surface area contributed by atoms with Crippen molar-refractivity contribution in [2.75, 3.05) is 63.6 Å². The molecule has 6 atom stereocenters. The zero-order valence-corrected chi connectivity index (χ0v) is 36.5. The van der Waals surface area contributed by atoms with Gasteiger partial charge in [0, 0.05) is 49.3 Å². The number of hydrogen-bond donors (Lipinski definition) is 1. The Morgan fingerprint density at radius 3 is 2.53 bits per heavy atom. The van der Waals surface area contributed by atoms with Gasteiger partial charge in [-0.05, 0) is 98.7 Å². The fourth-order valence-corrected chi connectivity index (χ4v) is 10.4. The van der Waals surface area contributed by atoms with Gasteiger partial charge in [0.1, 0.15) is 21.8 Å². The average molecular weight is 829 g/mol. The van der Waals surface area contributed by atoms with Gasteiger partial charge in [-0.25, -0.2) is 13.8 Å². The molecule has 12 nitrogen and oxygen atoms in total. The lowest BCUT2D eigenvalue weighted by molar-refractivity contribution is -0.00662. The first-order valence-electron chi connectivity index (χ1n) is 20.6. The van der Waals surface area contributed by atoms with Gasteiger partial charge in [-0.3, -0.25) is 9.52 Å². The molecule has 6 rings (SSSR count). The third-order valence-electron chi connectivity index (χ3n) is 11.8. The topological polar surface area (TPSA) is 130 Å². The number of urea groups is 1. The molecule has 1 N–H and O–H groups in total. The lowest BCUT2D eigenvalue weighted by Crippen LogP contribution is -2.59.